The van der Waals surface area contributed by atoms with Crippen LogP contribution < -0.4 is 5.32 Å². The summed E-state index contributed by atoms with van der Waals surface area (Å²) in [5.74, 6) is 1.18. The average Bonchev–Trinajstić information content (AvgIpc) is 2.94. The number of anilines is 1. The molecular formula is C21H24F3N3O2. The fourth-order valence-corrected chi connectivity index (χ4v) is 3.40. The van der Waals surface area contributed by atoms with Gasteiger partial charge in [0.15, 0.2) is 5.82 Å². The van der Waals surface area contributed by atoms with Crippen molar-refractivity contribution in [3.8, 4) is 0 Å². The zero-order chi connectivity index (χ0) is 21.2. The lowest BCUT2D eigenvalue weighted by atomic mass is 9.91. The molecule has 0 aliphatic carbocycles. The van der Waals surface area contributed by atoms with Gasteiger partial charge in [0.05, 0.1) is 6.42 Å². The third-order valence-corrected chi connectivity index (χ3v) is 5.18. The molecule has 8 heteroatoms. The van der Waals surface area contributed by atoms with E-state index < -0.39 is 12.6 Å². The minimum absolute atomic E-state index is 0.0981. The van der Waals surface area contributed by atoms with E-state index in [4.69, 9.17) is 4.52 Å². The molecule has 0 radical (unpaired) electrons. The Morgan fingerprint density at radius 2 is 2.14 bits per heavy atom. The average molecular weight is 407 g/mol. The molecule has 1 aliphatic rings. The van der Waals surface area contributed by atoms with Crippen molar-refractivity contribution in [1.29, 1.82) is 0 Å². The quantitative estimate of drug-likeness (QED) is 0.746. The molecule has 0 spiro atoms. The molecule has 1 saturated heterocycles. The summed E-state index contributed by atoms with van der Waals surface area (Å²) in [5.41, 5.74) is 2.91. The number of urea groups is 1. The molecule has 1 aromatic carbocycles. The van der Waals surface area contributed by atoms with E-state index in [2.05, 4.69) is 10.5 Å². The number of rotatable bonds is 3. The predicted molar refractivity (Wildman–Crippen MR) is 105 cm³/mol. The number of piperidine rings is 1. The van der Waals surface area contributed by atoms with E-state index in [-0.39, 0.29) is 17.5 Å². The fraction of sp³-hybridized carbons (Fsp3) is 0.429. The number of nitrogens with zero attached hydrogens (tertiary/aromatic N) is 2. The van der Waals surface area contributed by atoms with Crippen LogP contribution in [0, 0.1) is 19.8 Å². The van der Waals surface area contributed by atoms with Gasteiger partial charge in [-0.15, -0.1) is 0 Å². The van der Waals surface area contributed by atoms with E-state index in [1.807, 2.05) is 19.9 Å². The van der Waals surface area contributed by atoms with Crippen molar-refractivity contribution in [2.45, 2.75) is 39.8 Å². The molecule has 0 bridgehead atoms. The van der Waals surface area contributed by atoms with Crippen LogP contribution in [0.15, 0.2) is 34.4 Å². The molecule has 1 N–H and O–H groups in total. The second-order valence-electron chi connectivity index (χ2n) is 7.50. The lowest BCUT2D eigenvalue weighted by molar-refractivity contribution is -0.127. The molecule has 1 atom stereocenters. The number of aromatic nitrogens is 1. The molecule has 0 saturated carbocycles. The molecular weight excluding hydrogens is 383 g/mol. The number of carbonyl (C=O) groups is 1. The normalized spacial score (nSPS) is 18.9. The third-order valence-electron chi connectivity index (χ3n) is 5.18. The highest BCUT2D eigenvalue weighted by Crippen LogP contribution is 2.27. The van der Waals surface area contributed by atoms with Gasteiger partial charge in [-0.2, -0.15) is 13.2 Å². The second-order valence-corrected chi connectivity index (χ2v) is 7.50. The predicted octanol–water partition coefficient (Wildman–Crippen LogP) is 5.35. The van der Waals surface area contributed by atoms with E-state index in [1.54, 1.807) is 30.0 Å². The summed E-state index contributed by atoms with van der Waals surface area (Å²) in [6.45, 7) is 6.67. The van der Waals surface area contributed by atoms with Gasteiger partial charge < -0.3 is 9.42 Å². The molecule has 3 rings (SSSR count). The topological polar surface area (TPSA) is 58.4 Å². The van der Waals surface area contributed by atoms with Crippen LogP contribution in [0.5, 0.6) is 0 Å². The number of carbonyl (C=O) groups excluding carboxylic acids is 1. The van der Waals surface area contributed by atoms with Crippen molar-refractivity contribution in [3.05, 3.63) is 52.3 Å². The second kappa shape index (κ2) is 8.31. The minimum atomic E-state index is -4.22. The number of benzene rings is 1. The first kappa shape index (κ1) is 21.0. The number of alkyl halides is 3. The van der Waals surface area contributed by atoms with Gasteiger partial charge in [0.25, 0.3) is 0 Å². The van der Waals surface area contributed by atoms with Gasteiger partial charge >= 0.3 is 12.2 Å². The van der Waals surface area contributed by atoms with Crippen LogP contribution in [0.1, 0.15) is 35.8 Å². The van der Waals surface area contributed by atoms with Crippen LogP contribution in [-0.2, 0) is 6.42 Å². The number of aryl methyl sites for hydroxylation is 1. The van der Waals surface area contributed by atoms with E-state index in [9.17, 15) is 18.0 Å². The van der Waals surface area contributed by atoms with Gasteiger partial charge in [-0.05, 0) is 37.3 Å². The van der Waals surface area contributed by atoms with E-state index >= 15 is 0 Å². The number of amides is 2. The molecule has 1 aromatic heterocycles. The first-order chi connectivity index (χ1) is 13.6. The van der Waals surface area contributed by atoms with E-state index in [1.165, 1.54) is 6.07 Å². The van der Waals surface area contributed by atoms with Crippen molar-refractivity contribution < 1.29 is 22.5 Å². The molecule has 1 unspecified atom stereocenters. The third kappa shape index (κ3) is 5.40. The maximum absolute atomic E-state index is 12.6. The number of hydrogen-bond acceptors (Lipinski definition) is 3. The van der Waals surface area contributed by atoms with Crippen molar-refractivity contribution in [2.75, 3.05) is 18.4 Å². The molecule has 2 amide bonds. The van der Waals surface area contributed by atoms with Crippen LogP contribution in [0.3, 0.4) is 0 Å². The maximum Gasteiger partial charge on any atom is 0.393 e. The van der Waals surface area contributed by atoms with Crippen molar-refractivity contribution in [3.63, 3.8) is 0 Å². The molecule has 2 heterocycles. The van der Waals surface area contributed by atoms with Crippen molar-refractivity contribution in [1.82, 2.24) is 10.1 Å². The molecule has 1 fully saturated rings. The van der Waals surface area contributed by atoms with Crippen LogP contribution in [0.4, 0.5) is 23.8 Å². The Balaban J connectivity index is 1.64. The summed E-state index contributed by atoms with van der Waals surface area (Å²) in [6, 6.07) is 6.26. The van der Waals surface area contributed by atoms with Gasteiger partial charge in [-0.1, -0.05) is 48.0 Å². The fourth-order valence-electron chi connectivity index (χ4n) is 3.40. The Kier molecular flexibility index (Phi) is 6.00. The maximum atomic E-state index is 12.6. The van der Waals surface area contributed by atoms with Crippen LogP contribution in [0.25, 0.3) is 6.08 Å². The zero-order valence-corrected chi connectivity index (χ0v) is 16.6. The van der Waals surface area contributed by atoms with Gasteiger partial charge in [-0.25, -0.2) is 4.79 Å². The number of likely N-dealkylation sites (tertiary alicyclic amines) is 1. The Hall–Kier alpha value is -2.77. The lowest BCUT2D eigenvalue weighted by Gasteiger charge is -2.33. The van der Waals surface area contributed by atoms with Gasteiger partial charge in [0, 0.05) is 18.7 Å². The van der Waals surface area contributed by atoms with Crippen LogP contribution >= 0.6 is 0 Å². The number of hydrogen-bond donors (Lipinski definition) is 1. The van der Waals surface area contributed by atoms with E-state index in [0.717, 1.165) is 16.7 Å². The highest BCUT2D eigenvalue weighted by atomic mass is 19.4. The summed E-state index contributed by atoms with van der Waals surface area (Å²) < 4.78 is 42.9. The Morgan fingerprint density at radius 3 is 2.76 bits per heavy atom. The van der Waals surface area contributed by atoms with Crippen molar-refractivity contribution >= 4 is 17.9 Å². The Morgan fingerprint density at radius 1 is 1.38 bits per heavy atom. The van der Waals surface area contributed by atoms with Gasteiger partial charge in [0.2, 0.25) is 0 Å². The largest absolute Gasteiger partial charge is 0.393 e. The van der Waals surface area contributed by atoms with E-state index in [0.29, 0.717) is 31.1 Å². The minimum Gasteiger partial charge on any atom is -0.359 e. The lowest BCUT2D eigenvalue weighted by Crippen LogP contribution is -2.42. The number of nitrogens with one attached hydrogen (secondary N) is 1. The SMILES string of the molecule is Cc1onc(NC(=O)N2CC/C(=C\c3cccc(CC(F)(F)F)c3)C(C)C2)c1C. The molecule has 2 aromatic rings. The first-order valence-electron chi connectivity index (χ1n) is 9.47. The Labute approximate surface area is 167 Å². The summed E-state index contributed by atoms with van der Waals surface area (Å²) in [4.78, 5) is 14.2. The molecule has 156 valence electrons. The highest BCUT2D eigenvalue weighted by Gasteiger charge is 2.28. The Bertz CT molecular complexity index is 918. The van der Waals surface area contributed by atoms with Crippen LogP contribution in [-0.4, -0.2) is 35.4 Å². The highest BCUT2D eigenvalue weighted by molar-refractivity contribution is 5.89. The standard InChI is InChI=1S/C21H24F3N3O2/c1-13-12-27(20(28)25-19-14(2)15(3)29-26-19)8-7-18(13)10-16-5-4-6-17(9-16)11-21(22,23)24/h4-6,9-10,13H,7-8,11-12H2,1-3H3,(H,25,26,28)/b18-10+. The monoisotopic (exact) mass is 407 g/mol. The molecule has 29 heavy (non-hydrogen) atoms. The number of halogens is 3. The summed E-state index contributed by atoms with van der Waals surface area (Å²) in [6.07, 6.45) is -2.56. The summed E-state index contributed by atoms with van der Waals surface area (Å²) in [7, 11) is 0. The molecule has 1 aliphatic heterocycles. The summed E-state index contributed by atoms with van der Waals surface area (Å²) in [5, 5.41) is 6.62. The summed E-state index contributed by atoms with van der Waals surface area (Å²) >= 11 is 0. The molecule has 5 nitrogen and oxygen atoms in total. The zero-order valence-electron chi connectivity index (χ0n) is 16.6. The van der Waals surface area contributed by atoms with Crippen LogP contribution in [0.2, 0.25) is 0 Å². The van der Waals surface area contributed by atoms with Gasteiger partial charge in [-0.3, -0.25) is 5.32 Å². The van der Waals surface area contributed by atoms with Crippen molar-refractivity contribution in [2.24, 2.45) is 5.92 Å². The first-order valence-corrected chi connectivity index (χ1v) is 9.47. The van der Waals surface area contributed by atoms with Gasteiger partial charge in [0.1, 0.15) is 5.76 Å². The smallest absolute Gasteiger partial charge is 0.359 e.